The number of hydrogen-bond acceptors (Lipinski definition) is 7. The number of hydrogen-bond donors (Lipinski definition) is 4. The lowest BCUT2D eigenvalue weighted by molar-refractivity contribution is 0.0980. The maximum atomic E-state index is 13.9. The molecule has 0 aromatic heterocycles. The molecule has 49 heavy (non-hydrogen) atoms. The lowest BCUT2D eigenvalue weighted by Gasteiger charge is -2.30. The minimum atomic E-state index is -0.343. The van der Waals surface area contributed by atoms with Gasteiger partial charge in [-0.1, -0.05) is 91.3 Å². The molecule has 0 heterocycles. The number of benzene rings is 4. The van der Waals surface area contributed by atoms with Gasteiger partial charge in [0.2, 0.25) is 0 Å². The Morgan fingerprint density at radius 2 is 1.35 bits per heavy atom. The minimum Gasteiger partial charge on any atom is -0.508 e. The van der Waals surface area contributed by atoms with Crippen LogP contribution >= 0.6 is 0 Å². The highest BCUT2D eigenvalue weighted by Crippen LogP contribution is 2.46. The van der Waals surface area contributed by atoms with E-state index in [4.69, 9.17) is 10.5 Å². The van der Waals surface area contributed by atoms with E-state index < -0.39 is 0 Å². The van der Waals surface area contributed by atoms with Gasteiger partial charge < -0.3 is 26.0 Å². The van der Waals surface area contributed by atoms with Crippen LogP contribution in [0.2, 0.25) is 0 Å². The van der Waals surface area contributed by atoms with Gasteiger partial charge in [-0.25, -0.2) is 0 Å². The number of ether oxygens (including phenoxy) is 1. The summed E-state index contributed by atoms with van der Waals surface area (Å²) in [5.41, 5.74) is 13.9. The molecule has 1 aliphatic rings. The van der Waals surface area contributed by atoms with Crippen molar-refractivity contribution in [1.29, 1.82) is 0 Å². The molecule has 0 aliphatic heterocycles. The Morgan fingerprint density at radius 1 is 0.796 bits per heavy atom. The van der Waals surface area contributed by atoms with Crippen LogP contribution in [0, 0.1) is 13.8 Å². The third-order valence-corrected chi connectivity index (χ3v) is 9.54. The molecule has 0 saturated carbocycles. The molecule has 0 amide bonds. The topological polar surface area (TPSA) is 122 Å². The van der Waals surface area contributed by atoms with E-state index in [1.54, 1.807) is 30.3 Å². The third kappa shape index (κ3) is 6.69. The van der Waals surface area contributed by atoms with Crippen molar-refractivity contribution < 1.29 is 24.5 Å². The lowest BCUT2D eigenvalue weighted by atomic mass is 9.76. The number of carbonyl (C=O) groups is 2. The van der Waals surface area contributed by atoms with Gasteiger partial charge >= 0.3 is 0 Å². The molecule has 5 N–H and O–H groups in total. The van der Waals surface area contributed by atoms with Crippen molar-refractivity contribution in [3.63, 3.8) is 0 Å². The second-order valence-corrected chi connectivity index (χ2v) is 15.3. The number of fused-ring (bicyclic) bond motifs is 2. The second kappa shape index (κ2) is 13.4. The minimum absolute atomic E-state index is 0.0913. The molecule has 0 saturated heterocycles. The maximum absolute atomic E-state index is 13.9. The molecular weight excluding hydrogens is 612 g/mol. The van der Waals surface area contributed by atoms with E-state index in [1.165, 1.54) is 11.1 Å². The number of aryl methyl sites for hydroxylation is 2. The van der Waals surface area contributed by atoms with Gasteiger partial charge in [0.25, 0.3) is 0 Å². The van der Waals surface area contributed by atoms with Gasteiger partial charge in [0, 0.05) is 35.2 Å². The molecule has 0 radical (unpaired) electrons. The highest BCUT2D eigenvalue weighted by atomic mass is 16.5. The number of aliphatic hydroxyl groups is 1. The number of nitrogens with two attached hydrogens (primary N) is 1. The van der Waals surface area contributed by atoms with Crippen molar-refractivity contribution in [2.45, 2.75) is 91.9 Å². The second-order valence-electron chi connectivity index (χ2n) is 15.3. The number of phenols is 1. The van der Waals surface area contributed by atoms with Crippen LogP contribution in [0.5, 0.6) is 17.2 Å². The number of phenolic OH excluding ortho intramolecular Hbond substituents is 1. The molecule has 7 nitrogen and oxygen atoms in total. The zero-order valence-corrected chi connectivity index (χ0v) is 30.3. The van der Waals surface area contributed by atoms with Crippen molar-refractivity contribution in [3.05, 3.63) is 110 Å². The fraction of sp³-hybridized carbons (Fsp3) is 0.381. The van der Waals surface area contributed by atoms with Crippen molar-refractivity contribution in [2.75, 3.05) is 24.2 Å². The van der Waals surface area contributed by atoms with Crippen LogP contribution < -0.4 is 15.8 Å². The molecule has 5 rings (SSSR count). The van der Waals surface area contributed by atoms with E-state index in [2.05, 4.69) is 79.8 Å². The van der Waals surface area contributed by atoms with Crippen LogP contribution in [0.25, 0.3) is 0 Å². The average Bonchev–Trinajstić information content (AvgIpc) is 3.02. The number of anilines is 2. The number of aliphatic hydroxyl groups excluding tert-OH is 1. The van der Waals surface area contributed by atoms with E-state index in [0.717, 1.165) is 35.1 Å². The Hall–Kier alpha value is -4.62. The van der Waals surface area contributed by atoms with E-state index in [1.807, 2.05) is 12.1 Å². The summed E-state index contributed by atoms with van der Waals surface area (Å²) in [4.78, 5) is 27.6. The molecule has 7 heteroatoms. The van der Waals surface area contributed by atoms with Gasteiger partial charge in [-0.05, 0) is 71.0 Å². The normalized spacial score (nSPS) is 13.6. The van der Waals surface area contributed by atoms with Crippen molar-refractivity contribution in [3.8, 4) is 17.2 Å². The summed E-state index contributed by atoms with van der Waals surface area (Å²) >= 11 is 0. The van der Waals surface area contributed by atoms with Crippen LogP contribution in [0.1, 0.15) is 132 Å². The number of nitrogen functional groups attached to an aromatic ring is 1. The molecule has 4 aromatic carbocycles. The predicted molar refractivity (Wildman–Crippen MR) is 198 cm³/mol. The molecule has 1 atom stereocenters. The summed E-state index contributed by atoms with van der Waals surface area (Å²) in [7, 11) is 0. The molecule has 4 aromatic rings. The predicted octanol–water partition coefficient (Wildman–Crippen LogP) is 9.09. The van der Waals surface area contributed by atoms with Crippen LogP contribution in [0.4, 0.5) is 11.4 Å². The number of carbonyl (C=O) groups excluding carboxylic acids is 2. The Bertz CT molecular complexity index is 1940. The highest BCUT2D eigenvalue weighted by Gasteiger charge is 2.36. The largest absolute Gasteiger partial charge is 0.508 e. The van der Waals surface area contributed by atoms with Crippen LogP contribution in [-0.2, 0) is 10.8 Å². The van der Waals surface area contributed by atoms with Crippen molar-refractivity contribution in [1.82, 2.24) is 0 Å². The van der Waals surface area contributed by atoms with Crippen LogP contribution in [-0.4, -0.2) is 34.9 Å². The van der Waals surface area contributed by atoms with Crippen LogP contribution in [0.15, 0.2) is 54.6 Å². The summed E-state index contributed by atoms with van der Waals surface area (Å²) in [5, 5.41) is 23.6. The summed E-state index contributed by atoms with van der Waals surface area (Å²) in [6, 6.07) is 16.7. The number of aromatic hydroxyl groups is 1. The zero-order chi connectivity index (χ0) is 36.0. The monoisotopic (exact) mass is 662 g/mol. The van der Waals surface area contributed by atoms with Crippen LogP contribution in [0.3, 0.4) is 0 Å². The first kappa shape index (κ1) is 35.7. The standard InChI is InChI=1S/C42H50N2O5/c1-10-13-25(28-20-30(41(4,5)6)33(46)18-23(28)2)29-21-31(42(7,8)9)34(19-24(29)3)49-35-22-32(44-16-17-45)36-37(38(35)43)40(48)27-15-12-11-14-26(27)39(36)47/h11-12,14-15,18-22,25,44-46H,10,13,16-17,43H2,1-9H3. The molecule has 1 unspecified atom stereocenters. The van der Waals surface area contributed by atoms with Crippen molar-refractivity contribution >= 4 is 22.9 Å². The smallest absolute Gasteiger partial charge is 0.196 e. The zero-order valence-electron chi connectivity index (χ0n) is 30.3. The molecule has 0 bridgehead atoms. The SMILES string of the molecule is CCCC(c1cc(C(C)(C)C)c(O)cc1C)c1cc(C(C)(C)C)c(Oc2cc(NCCO)c3c(c2N)C(=O)c2ccccc2C3=O)cc1C. The quantitative estimate of drug-likeness (QED) is 0.116. The van der Waals surface area contributed by atoms with Gasteiger partial charge in [0.15, 0.2) is 17.3 Å². The Balaban J connectivity index is 1.68. The Labute approximate surface area is 290 Å². The van der Waals surface area contributed by atoms with Gasteiger partial charge in [0.1, 0.15) is 11.5 Å². The number of ketones is 2. The van der Waals surface area contributed by atoms with E-state index in [-0.39, 0.29) is 64.0 Å². The summed E-state index contributed by atoms with van der Waals surface area (Å²) in [6.45, 7) is 19.1. The lowest BCUT2D eigenvalue weighted by Crippen LogP contribution is -2.25. The molecule has 1 aliphatic carbocycles. The maximum Gasteiger partial charge on any atom is 0.196 e. The van der Waals surface area contributed by atoms with E-state index in [9.17, 15) is 19.8 Å². The molecular formula is C42H50N2O5. The highest BCUT2D eigenvalue weighted by molar-refractivity contribution is 6.32. The first-order valence-corrected chi connectivity index (χ1v) is 17.2. The first-order valence-electron chi connectivity index (χ1n) is 17.2. The molecule has 0 spiro atoms. The summed E-state index contributed by atoms with van der Waals surface area (Å²) in [6.07, 6.45) is 1.90. The van der Waals surface area contributed by atoms with E-state index in [0.29, 0.717) is 28.3 Å². The summed E-state index contributed by atoms with van der Waals surface area (Å²) < 4.78 is 6.69. The van der Waals surface area contributed by atoms with Crippen molar-refractivity contribution in [2.24, 2.45) is 0 Å². The van der Waals surface area contributed by atoms with Gasteiger partial charge in [-0.3, -0.25) is 9.59 Å². The van der Waals surface area contributed by atoms with E-state index >= 15 is 0 Å². The Morgan fingerprint density at radius 3 is 1.90 bits per heavy atom. The van der Waals surface area contributed by atoms with Gasteiger partial charge in [-0.2, -0.15) is 0 Å². The summed E-state index contributed by atoms with van der Waals surface area (Å²) in [5.74, 6) is 0.625. The first-order chi connectivity index (χ1) is 23.0. The Kier molecular flexibility index (Phi) is 9.73. The number of rotatable bonds is 9. The molecule has 258 valence electrons. The molecule has 0 fully saturated rings. The fourth-order valence-electron chi connectivity index (χ4n) is 7.02. The number of nitrogens with one attached hydrogen (secondary N) is 1. The average molecular weight is 663 g/mol. The fourth-order valence-corrected chi connectivity index (χ4v) is 7.02. The van der Waals surface area contributed by atoms with Gasteiger partial charge in [-0.15, -0.1) is 0 Å². The van der Waals surface area contributed by atoms with Gasteiger partial charge in [0.05, 0.1) is 29.1 Å². The third-order valence-electron chi connectivity index (χ3n) is 9.54.